The van der Waals surface area contributed by atoms with Gasteiger partial charge in [0.1, 0.15) is 5.04 Å². The number of nitro benzene ring substituents is 1. The van der Waals surface area contributed by atoms with Crippen LogP contribution in [0.4, 0.5) is 5.69 Å². The standard InChI is InChI=1S/C21H14N6O3S2/c22-19-17(11-15-3-1-9-25(15)13-5-7-14(8-6-13)27(29)30)20(28)23-21-26(19)24-18(32-21)12-16-4-2-10-31-16/h1-11,22H,12H2/b17-11+,22-19?. The third-order valence-electron chi connectivity index (χ3n) is 4.81. The number of hydrogen-bond donors (Lipinski definition) is 1. The molecule has 0 aliphatic carbocycles. The maximum absolute atomic E-state index is 12.7. The summed E-state index contributed by atoms with van der Waals surface area (Å²) in [5, 5.41) is 28.5. The zero-order chi connectivity index (χ0) is 22.2. The fraction of sp³-hybridized carbons (Fsp3) is 0.0476. The molecule has 9 nitrogen and oxygen atoms in total. The van der Waals surface area contributed by atoms with E-state index in [0.29, 0.717) is 23.0 Å². The molecule has 32 heavy (non-hydrogen) atoms. The number of carbonyl (C=O) groups excluding carboxylic acids is 1. The van der Waals surface area contributed by atoms with E-state index in [9.17, 15) is 14.9 Å². The normalized spacial score (nSPS) is 16.9. The lowest BCUT2D eigenvalue weighted by molar-refractivity contribution is -0.384. The highest BCUT2D eigenvalue weighted by molar-refractivity contribution is 8.27. The van der Waals surface area contributed by atoms with Crippen molar-refractivity contribution in [1.29, 1.82) is 5.41 Å². The van der Waals surface area contributed by atoms with Crippen LogP contribution in [0.2, 0.25) is 0 Å². The maximum atomic E-state index is 12.7. The lowest BCUT2D eigenvalue weighted by Gasteiger charge is -2.20. The van der Waals surface area contributed by atoms with E-state index >= 15 is 0 Å². The van der Waals surface area contributed by atoms with E-state index in [2.05, 4.69) is 10.1 Å². The number of rotatable bonds is 5. The van der Waals surface area contributed by atoms with Gasteiger partial charge in [-0.2, -0.15) is 15.1 Å². The molecule has 0 unspecified atom stereocenters. The van der Waals surface area contributed by atoms with Crippen molar-refractivity contribution in [3.05, 3.63) is 86.4 Å². The predicted molar refractivity (Wildman–Crippen MR) is 125 cm³/mol. The number of nitro groups is 1. The zero-order valence-electron chi connectivity index (χ0n) is 16.3. The summed E-state index contributed by atoms with van der Waals surface area (Å²) in [6.07, 6.45) is 3.99. The Balaban J connectivity index is 1.44. The Morgan fingerprint density at radius 2 is 1.97 bits per heavy atom. The van der Waals surface area contributed by atoms with Gasteiger partial charge in [-0.05, 0) is 53.5 Å². The molecule has 2 aliphatic rings. The first-order chi connectivity index (χ1) is 15.5. The number of amidine groups is 2. The van der Waals surface area contributed by atoms with E-state index in [1.807, 2.05) is 17.5 Å². The largest absolute Gasteiger partial charge is 0.317 e. The van der Waals surface area contributed by atoms with Crippen molar-refractivity contribution in [3.63, 3.8) is 0 Å². The van der Waals surface area contributed by atoms with Crippen LogP contribution in [0.5, 0.6) is 0 Å². The first-order valence-electron chi connectivity index (χ1n) is 9.43. The number of nitrogens with one attached hydrogen (secondary N) is 1. The summed E-state index contributed by atoms with van der Waals surface area (Å²) >= 11 is 2.92. The Kier molecular flexibility index (Phi) is 5.04. The monoisotopic (exact) mass is 462 g/mol. The van der Waals surface area contributed by atoms with Crippen LogP contribution in [0.1, 0.15) is 10.6 Å². The smallest absolute Gasteiger partial charge is 0.283 e. The number of aromatic nitrogens is 1. The number of fused-ring (bicyclic) bond motifs is 1. The minimum Gasteiger partial charge on any atom is -0.317 e. The summed E-state index contributed by atoms with van der Waals surface area (Å²) in [6.45, 7) is 0. The van der Waals surface area contributed by atoms with Crippen molar-refractivity contribution in [2.24, 2.45) is 10.1 Å². The second-order valence-electron chi connectivity index (χ2n) is 6.85. The van der Waals surface area contributed by atoms with Crippen molar-refractivity contribution in [2.45, 2.75) is 6.42 Å². The van der Waals surface area contributed by atoms with Gasteiger partial charge in [-0.15, -0.1) is 11.3 Å². The highest BCUT2D eigenvalue weighted by Crippen LogP contribution is 2.30. The van der Waals surface area contributed by atoms with Gasteiger partial charge in [0.15, 0.2) is 5.84 Å². The molecule has 11 heteroatoms. The summed E-state index contributed by atoms with van der Waals surface area (Å²) in [6, 6.07) is 13.7. The van der Waals surface area contributed by atoms with Crippen LogP contribution < -0.4 is 0 Å². The molecule has 2 aliphatic heterocycles. The third kappa shape index (κ3) is 3.67. The molecule has 0 fully saturated rings. The van der Waals surface area contributed by atoms with Gasteiger partial charge in [-0.25, -0.2) is 0 Å². The van der Waals surface area contributed by atoms with Crippen LogP contribution in [0, 0.1) is 15.5 Å². The highest BCUT2D eigenvalue weighted by atomic mass is 32.2. The molecule has 1 N–H and O–H groups in total. The molecular weight excluding hydrogens is 448 g/mol. The second kappa shape index (κ2) is 8.02. The molecule has 0 atom stereocenters. The fourth-order valence-electron chi connectivity index (χ4n) is 3.30. The van der Waals surface area contributed by atoms with Crippen LogP contribution in [0.3, 0.4) is 0 Å². The first kappa shape index (κ1) is 20.1. The highest BCUT2D eigenvalue weighted by Gasteiger charge is 2.35. The summed E-state index contributed by atoms with van der Waals surface area (Å²) < 4.78 is 1.78. The number of thioether (sulfide) groups is 1. The van der Waals surface area contributed by atoms with Crippen LogP contribution in [0.25, 0.3) is 11.8 Å². The van der Waals surface area contributed by atoms with Gasteiger partial charge in [0.25, 0.3) is 11.6 Å². The molecule has 1 aromatic carbocycles. The Labute approximate surface area is 190 Å². The van der Waals surface area contributed by atoms with E-state index in [1.54, 1.807) is 52.4 Å². The zero-order valence-corrected chi connectivity index (χ0v) is 18.0. The topological polar surface area (TPSA) is 117 Å². The summed E-state index contributed by atoms with van der Waals surface area (Å²) in [7, 11) is 0. The molecule has 3 aromatic rings. The molecule has 2 aromatic heterocycles. The summed E-state index contributed by atoms with van der Waals surface area (Å²) in [4.78, 5) is 28.4. The number of hydrazone groups is 1. The van der Waals surface area contributed by atoms with Crippen LogP contribution in [-0.2, 0) is 11.2 Å². The Bertz CT molecular complexity index is 1340. The average molecular weight is 463 g/mol. The molecule has 1 amide bonds. The second-order valence-corrected chi connectivity index (χ2v) is 8.92. The Morgan fingerprint density at radius 3 is 2.69 bits per heavy atom. The fourth-order valence-corrected chi connectivity index (χ4v) is 5.00. The minimum atomic E-state index is -0.502. The molecule has 5 rings (SSSR count). The molecule has 0 radical (unpaired) electrons. The maximum Gasteiger partial charge on any atom is 0.283 e. The van der Waals surface area contributed by atoms with Crippen LogP contribution >= 0.6 is 23.1 Å². The van der Waals surface area contributed by atoms with Crippen LogP contribution in [0.15, 0.2) is 75.8 Å². The van der Waals surface area contributed by atoms with Gasteiger partial charge < -0.3 is 4.57 Å². The number of aliphatic imine (C=N–C) groups is 1. The van der Waals surface area contributed by atoms with Crippen molar-refractivity contribution < 1.29 is 9.72 Å². The number of non-ortho nitro benzene ring substituents is 1. The van der Waals surface area contributed by atoms with Crippen molar-refractivity contribution in [3.8, 4) is 5.69 Å². The molecule has 0 bridgehead atoms. The SMILES string of the molecule is N=C1/C(=C\c2cccn2-c2ccc([N+](=O)[O-])cc2)C(=O)N=C2SC(Cc3cccs3)=NN12. The number of amides is 1. The Morgan fingerprint density at radius 1 is 1.16 bits per heavy atom. The summed E-state index contributed by atoms with van der Waals surface area (Å²) in [5.41, 5.74) is 1.45. The van der Waals surface area contributed by atoms with E-state index < -0.39 is 10.8 Å². The van der Waals surface area contributed by atoms with Gasteiger partial charge in [-0.3, -0.25) is 20.3 Å². The lowest BCUT2D eigenvalue weighted by atomic mass is 10.1. The number of benzene rings is 1. The number of hydrogen-bond acceptors (Lipinski definition) is 7. The molecule has 4 heterocycles. The summed E-state index contributed by atoms with van der Waals surface area (Å²) in [5.74, 6) is -0.539. The van der Waals surface area contributed by atoms with Gasteiger partial charge in [0.2, 0.25) is 5.17 Å². The number of thiophene rings is 1. The molecule has 0 saturated carbocycles. The third-order valence-corrected chi connectivity index (χ3v) is 6.60. The lowest BCUT2D eigenvalue weighted by Crippen LogP contribution is -2.35. The Hall–Kier alpha value is -3.83. The average Bonchev–Trinajstić information content (AvgIpc) is 3.53. The minimum absolute atomic E-state index is 0.00494. The molecule has 158 valence electrons. The molecule has 0 spiro atoms. The predicted octanol–water partition coefficient (Wildman–Crippen LogP) is 4.31. The number of carbonyl (C=O) groups is 1. The van der Waals surface area contributed by atoms with Gasteiger partial charge in [0, 0.05) is 41.0 Å². The van der Waals surface area contributed by atoms with Crippen molar-refractivity contribution >= 4 is 56.8 Å². The molecule has 0 saturated heterocycles. The van der Waals surface area contributed by atoms with Gasteiger partial charge >= 0.3 is 0 Å². The van der Waals surface area contributed by atoms with E-state index in [1.165, 1.54) is 28.9 Å². The molecular formula is C21H14N6O3S2. The quantitative estimate of drug-likeness (QED) is 0.344. The van der Waals surface area contributed by atoms with Crippen LogP contribution in [-0.4, -0.2) is 36.5 Å². The van der Waals surface area contributed by atoms with E-state index in [-0.39, 0.29) is 17.1 Å². The van der Waals surface area contributed by atoms with E-state index in [4.69, 9.17) is 5.41 Å². The number of nitrogens with zero attached hydrogens (tertiary/aromatic N) is 5. The first-order valence-corrected chi connectivity index (χ1v) is 11.1. The van der Waals surface area contributed by atoms with Crippen molar-refractivity contribution in [1.82, 2.24) is 9.58 Å². The van der Waals surface area contributed by atoms with Gasteiger partial charge in [-0.1, -0.05) is 6.07 Å². The van der Waals surface area contributed by atoms with E-state index in [0.717, 1.165) is 9.92 Å². The van der Waals surface area contributed by atoms with Gasteiger partial charge in [0.05, 0.1) is 10.5 Å². The van der Waals surface area contributed by atoms with Crippen molar-refractivity contribution in [2.75, 3.05) is 0 Å².